The third-order valence-electron chi connectivity index (χ3n) is 7.87. The van der Waals surface area contributed by atoms with E-state index in [-0.39, 0.29) is 23.9 Å². The van der Waals surface area contributed by atoms with Gasteiger partial charge in [0.25, 0.3) is 0 Å². The average Bonchev–Trinajstić information content (AvgIpc) is 3.66. The number of aryl methyl sites for hydroxylation is 1. The molecule has 0 radical (unpaired) electrons. The molecule has 3 aromatic carbocycles. The van der Waals surface area contributed by atoms with Gasteiger partial charge in [0.2, 0.25) is 12.1 Å². The number of aromatic nitrogens is 6. The SMILES string of the molecule is CCn1nnc(-c2ccccc2-c2ccc(Cn3c(=O)[nH]c4cccc(C(=O)O[C@H](C)OC(=O)OC5CCCCC5)c43)cc2)n1. The van der Waals surface area contributed by atoms with E-state index >= 15 is 0 Å². The molecule has 1 saturated carbocycles. The number of rotatable bonds is 9. The van der Waals surface area contributed by atoms with Crippen LogP contribution in [0.4, 0.5) is 4.79 Å². The molecule has 1 aliphatic rings. The van der Waals surface area contributed by atoms with Gasteiger partial charge >= 0.3 is 17.8 Å². The Hall–Kier alpha value is -5.26. The van der Waals surface area contributed by atoms with Crippen molar-refractivity contribution in [2.75, 3.05) is 0 Å². The van der Waals surface area contributed by atoms with Crippen LogP contribution in [0.2, 0.25) is 0 Å². The number of hydrogen-bond donors (Lipinski definition) is 1. The van der Waals surface area contributed by atoms with E-state index in [1.54, 1.807) is 18.2 Å². The number of carbonyl (C=O) groups is 2. The standard InChI is InChI=1S/C33H34N6O6/c1-3-39-36-30(35-37-39)26-13-8-7-12-25(26)23-18-16-22(17-19-23)20-38-29-27(14-9-15-28(29)34-32(38)41)31(40)43-21(2)44-33(42)45-24-10-5-4-6-11-24/h7-9,12-19,21,24H,3-6,10-11,20H2,1-2H3,(H,34,41)/t21-/m0/s1. The van der Waals surface area contributed by atoms with Crippen molar-refractivity contribution in [3.05, 3.63) is 88.3 Å². The Labute approximate surface area is 258 Å². The van der Waals surface area contributed by atoms with E-state index in [1.807, 2.05) is 55.5 Å². The first kappa shape index (κ1) is 29.8. The van der Waals surface area contributed by atoms with Crippen molar-refractivity contribution in [2.45, 2.75) is 71.4 Å². The van der Waals surface area contributed by atoms with Crippen molar-refractivity contribution in [1.29, 1.82) is 0 Å². The number of hydrogen-bond acceptors (Lipinski definition) is 9. The number of carbonyl (C=O) groups excluding carboxylic acids is 2. The summed E-state index contributed by atoms with van der Waals surface area (Å²) in [6.07, 6.45) is 2.51. The number of benzene rings is 3. The monoisotopic (exact) mass is 610 g/mol. The first-order chi connectivity index (χ1) is 21.9. The summed E-state index contributed by atoms with van der Waals surface area (Å²) in [6, 6.07) is 20.6. The van der Waals surface area contributed by atoms with E-state index in [0.717, 1.165) is 54.4 Å². The molecule has 1 aliphatic carbocycles. The summed E-state index contributed by atoms with van der Waals surface area (Å²) < 4.78 is 17.5. The van der Waals surface area contributed by atoms with Crippen LogP contribution in [0.25, 0.3) is 33.5 Å². The maximum atomic E-state index is 13.2. The lowest BCUT2D eigenvalue weighted by Crippen LogP contribution is -2.27. The summed E-state index contributed by atoms with van der Waals surface area (Å²) >= 11 is 0. The van der Waals surface area contributed by atoms with Crippen LogP contribution in [0.1, 0.15) is 61.9 Å². The van der Waals surface area contributed by atoms with Crippen LogP contribution in [0, 0.1) is 0 Å². The summed E-state index contributed by atoms with van der Waals surface area (Å²) in [5.41, 5.74) is 4.29. The molecule has 12 nitrogen and oxygen atoms in total. The molecule has 1 N–H and O–H groups in total. The first-order valence-electron chi connectivity index (χ1n) is 15.2. The highest BCUT2D eigenvalue weighted by Crippen LogP contribution is 2.30. The Morgan fingerprint density at radius 3 is 2.44 bits per heavy atom. The Morgan fingerprint density at radius 1 is 0.956 bits per heavy atom. The minimum absolute atomic E-state index is 0.167. The molecule has 0 bridgehead atoms. The fourth-order valence-electron chi connectivity index (χ4n) is 5.64. The van der Waals surface area contributed by atoms with Crippen LogP contribution in [-0.4, -0.2) is 54.3 Å². The van der Waals surface area contributed by atoms with E-state index in [4.69, 9.17) is 14.2 Å². The summed E-state index contributed by atoms with van der Waals surface area (Å²) in [4.78, 5) is 42.9. The van der Waals surface area contributed by atoms with Gasteiger partial charge in [-0.3, -0.25) is 4.57 Å². The zero-order valence-electron chi connectivity index (χ0n) is 25.1. The van der Waals surface area contributed by atoms with Crippen LogP contribution in [-0.2, 0) is 27.3 Å². The largest absolute Gasteiger partial charge is 0.511 e. The zero-order chi connectivity index (χ0) is 31.3. The second kappa shape index (κ2) is 13.2. The number of H-pyrrole nitrogens is 1. The van der Waals surface area contributed by atoms with Crippen LogP contribution >= 0.6 is 0 Å². The van der Waals surface area contributed by atoms with E-state index in [0.29, 0.717) is 23.4 Å². The predicted octanol–water partition coefficient (Wildman–Crippen LogP) is 5.71. The predicted molar refractivity (Wildman–Crippen MR) is 165 cm³/mol. The van der Waals surface area contributed by atoms with Gasteiger partial charge in [-0.05, 0) is 66.6 Å². The van der Waals surface area contributed by atoms with Crippen LogP contribution in [0.15, 0.2) is 71.5 Å². The van der Waals surface area contributed by atoms with Crippen molar-refractivity contribution in [1.82, 2.24) is 29.8 Å². The van der Waals surface area contributed by atoms with Gasteiger partial charge in [-0.25, -0.2) is 14.4 Å². The topological polar surface area (TPSA) is 143 Å². The molecule has 0 unspecified atom stereocenters. The molecule has 0 aliphatic heterocycles. The number of aromatic amines is 1. The van der Waals surface area contributed by atoms with Gasteiger partial charge in [0.15, 0.2) is 0 Å². The van der Waals surface area contributed by atoms with Gasteiger partial charge < -0.3 is 19.2 Å². The number of nitrogens with zero attached hydrogens (tertiary/aromatic N) is 5. The number of esters is 1. The maximum absolute atomic E-state index is 13.2. The summed E-state index contributed by atoms with van der Waals surface area (Å²) in [5, 5.41) is 12.7. The lowest BCUT2D eigenvalue weighted by Gasteiger charge is -2.22. The number of para-hydroxylation sites is 1. The number of tetrazole rings is 1. The molecule has 2 heterocycles. The molecule has 12 heteroatoms. The highest BCUT2D eigenvalue weighted by atomic mass is 16.8. The van der Waals surface area contributed by atoms with Gasteiger partial charge in [0.1, 0.15) is 6.10 Å². The highest BCUT2D eigenvalue weighted by molar-refractivity contribution is 6.02. The fraction of sp³-hybridized carbons (Fsp3) is 0.333. The number of ether oxygens (including phenoxy) is 3. The lowest BCUT2D eigenvalue weighted by molar-refractivity contribution is -0.0914. The number of nitrogens with one attached hydrogen (secondary N) is 1. The third-order valence-corrected chi connectivity index (χ3v) is 7.87. The number of imidazole rings is 1. The lowest BCUT2D eigenvalue weighted by atomic mass is 9.98. The van der Waals surface area contributed by atoms with E-state index < -0.39 is 18.4 Å². The van der Waals surface area contributed by atoms with Crippen LogP contribution < -0.4 is 5.69 Å². The molecule has 1 fully saturated rings. The first-order valence-corrected chi connectivity index (χ1v) is 15.2. The summed E-state index contributed by atoms with van der Waals surface area (Å²) in [6.45, 7) is 4.23. The molecule has 0 amide bonds. The molecule has 6 rings (SSSR count). The summed E-state index contributed by atoms with van der Waals surface area (Å²) in [7, 11) is 0. The van der Waals surface area contributed by atoms with Gasteiger partial charge in [0, 0.05) is 12.5 Å². The number of fused-ring (bicyclic) bond motifs is 1. The highest BCUT2D eigenvalue weighted by Gasteiger charge is 2.24. The van der Waals surface area contributed by atoms with E-state index in [9.17, 15) is 14.4 Å². The Kier molecular flexibility index (Phi) is 8.72. The van der Waals surface area contributed by atoms with Gasteiger partial charge in [-0.1, -0.05) is 61.0 Å². The van der Waals surface area contributed by atoms with E-state index in [1.165, 1.54) is 16.3 Å². The van der Waals surface area contributed by atoms with Crippen molar-refractivity contribution >= 4 is 23.2 Å². The molecule has 0 spiro atoms. The zero-order valence-corrected chi connectivity index (χ0v) is 25.1. The molecular formula is C33H34N6O6. The van der Waals surface area contributed by atoms with Crippen LogP contribution in [0.3, 0.4) is 0 Å². The van der Waals surface area contributed by atoms with Crippen molar-refractivity contribution in [3.8, 4) is 22.5 Å². The second-order valence-electron chi connectivity index (χ2n) is 11.0. The molecule has 0 saturated heterocycles. The summed E-state index contributed by atoms with van der Waals surface area (Å²) in [5.74, 6) is -0.186. The molecule has 45 heavy (non-hydrogen) atoms. The molecule has 232 valence electrons. The average molecular weight is 611 g/mol. The van der Waals surface area contributed by atoms with E-state index in [2.05, 4.69) is 20.4 Å². The molecule has 2 aromatic heterocycles. The minimum atomic E-state index is -1.18. The smallest absolute Gasteiger partial charge is 0.431 e. The van der Waals surface area contributed by atoms with Gasteiger partial charge in [-0.2, -0.15) is 4.80 Å². The Bertz CT molecular complexity index is 1870. The Balaban J connectivity index is 1.19. The fourth-order valence-corrected chi connectivity index (χ4v) is 5.64. The molecule has 5 aromatic rings. The molecule has 1 atom stereocenters. The van der Waals surface area contributed by atoms with Gasteiger partial charge in [0.05, 0.1) is 29.7 Å². The van der Waals surface area contributed by atoms with Crippen molar-refractivity contribution < 1.29 is 23.8 Å². The minimum Gasteiger partial charge on any atom is -0.431 e. The maximum Gasteiger partial charge on any atom is 0.511 e. The quantitative estimate of drug-likeness (QED) is 0.164. The van der Waals surface area contributed by atoms with Crippen molar-refractivity contribution in [3.63, 3.8) is 0 Å². The second-order valence-corrected chi connectivity index (χ2v) is 11.0. The Morgan fingerprint density at radius 2 is 1.71 bits per heavy atom. The van der Waals surface area contributed by atoms with Crippen molar-refractivity contribution in [2.24, 2.45) is 0 Å². The normalized spacial score (nSPS) is 14.3. The van der Waals surface area contributed by atoms with Crippen LogP contribution in [0.5, 0.6) is 0 Å². The molecular weight excluding hydrogens is 576 g/mol. The van der Waals surface area contributed by atoms with Gasteiger partial charge in [-0.15, -0.1) is 10.2 Å². The third kappa shape index (κ3) is 6.64.